The zero-order valence-electron chi connectivity index (χ0n) is 15.6. The first-order chi connectivity index (χ1) is 12.0. The second kappa shape index (κ2) is 7.97. The monoisotopic (exact) mass is 344 g/mol. The van der Waals surface area contributed by atoms with Gasteiger partial charge in [-0.1, -0.05) is 17.3 Å². The van der Waals surface area contributed by atoms with Crippen molar-refractivity contribution in [2.24, 2.45) is 0 Å². The van der Waals surface area contributed by atoms with E-state index in [1.807, 2.05) is 20.8 Å². The van der Waals surface area contributed by atoms with Gasteiger partial charge in [0.05, 0.1) is 12.1 Å². The minimum absolute atomic E-state index is 0.177. The minimum Gasteiger partial charge on any atom is -0.491 e. The van der Waals surface area contributed by atoms with Crippen molar-refractivity contribution in [1.82, 2.24) is 19.9 Å². The molecule has 0 spiro atoms. The van der Waals surface area contributed by atoms with Crippen LogP contribution in [0.5, 0.6) is 5.75 Å². The first kappa shape index (κ1) is 17.9. The maximum atomic E-state index is 5.70. The van der Waals surface area contributed by atoms with Crippen LogP contribution in [0.25, 0.3) is 0 Å². The van der Waals surface area contributed by atoms with E-state index >= 15 is 0 Å². The summed E-state index contributed by atoms with van der Waals surface area (Å²) in [5.74, 6) is 2.35. The summed E-state index contributed by atoms with van der Waals surface area (Å²) in [6.45, 7) is 13.2. The molecule has 1 aromatic heterocycles. The quantitative estimate of drug-likeness (QED) is 0.803. The van der Waals surface area contributed by atoms with Gasteiger partial charge >= 0.3 is 0 Å². The van der Waals surface area contributed by atoms with Crippen molar-refractivity contribution in [3.8, 4) is 5.75 Å². The molecule has 0 saturated carbocycles. The first-order valence-corrected chi connectivity index (χ1v) is 9.03. The summed E-state index contributed by atoms with van der Waals surface area (Å²) in [6, 6.07) is 8.62. The van der Waals surface area contributed by atoms with Crippen LogP contribution in [0, 0.1) is 6.92 Å². The molecule has 6 heteroatoms. The molecule has 0 radical (unpaired) electrons. The minimum atomic E-state index is 0.177. The molecule has 2 heterocycles. The highest BCUT2D eigenvalue weighted by atomic mass is 16.5. The number of hydrogen-bond donors (Lipinski definition) is 0. The van der Waals surface area contributed by atoms with Gasteiger partial charge in [0.25, 0.3) is 0 Å². The van der Waals surface area contributed by atoms with E-state index in [-0.39, 0.29) is 12.1 Å². The Hall–Kier alpha value is -1.92. The molecule has 1 aliphatic heterocycles. The van der Waals surface area contributed by atoms with Crippen LogP contribution in [0.4, 0.5) is 0 Å². The third-order valence-corrected chi connectivity index (χ3v) is 4.56. The van der Waals surface area contributed by atoms with Crippen LogP contribution in [0.2, 0.25) is 0 Å². The fourth-order valence-corrected chi connectivity index (χ4v) is 3.15. The molecule has 2 aromatic rings. The second-order valence-electron chi connectivity index (χ2n) is 6.98. The number of benzene rings is 1. The van der Waals surface area contributed by atoms with E-state index in [4.69, 9.17) is 9.26 Å². The second-order valence-corrected chi connectivity index (χ2v) is 6.98. The van der Waals surface area contributed by atoms with E-state index < -0.39 is 0 Å². The molecule has 3 rings (SSSR count). The van der Waals surface area contributed by atoms with Gasteiger partial charge in [-0.15, -0.1) is 0 Å². The summed E-state index contributed by atoms with van der Waals surface area (Å²) < 4.78 is 11.0. The Morgan fingerprint density at radius 2 is 1.76 bits per heavy atom. The fraction of sp³-hybridized carbons (Fsp3) is 0.579. The number of piperazine rings is 1. The van der Waals surface area contributed by atoms with Crippen molar-refractivity contribution >= 4 is 0 Å². The zero-order chi connectivity index (χ0) is 17.8. The number of ether oxygens (including phenoxy) is 1. The van der Waals surface area contributed by atoms with Gasteiger partial charge in [-0.3, -0.25) is 9.80 Å². The molecular weight excluding hydrogens is 316 g/mol. The van der Waals surface area contributed by atoms with E-state index in [2.05, 4.69) is 51.1 Å². The van der Waals surface area contributed by atoms with Crippen molar-refractivity contribution in [3.63, 3.8) is 0 Å². The molecule has 6 nitrogen and oxygen atoms in total. The van der Waals surface area contributed by atoms with Crippen LogP contribution < -0.4 is 4.74 Å². The molecule has 1 fully saturated rings. The topological polar surface area (TPSA) is 54.6 Å². The van der Waals surface area contributed by atoms with Gasteiger partial charge in [0.2, 0.25) is 5.89 Å². The Bertz CT molecular complexity index is 660. The van der Waals surface area contributed by atoms with Crippen LogP contribution in [-0.4, -0.2) is 52.2 Å². The molecule has 0 bridgehead atoms. The highest BCUT2D eigenvalue weighted by molar-refractivity contribution is 5.27. The summed E-state index contributed by atoms with van der Waals surface area (Å²) in [7, 11) is 0. The van der Waals surface area contributed by atoms with E-state index in [1.165, 1.54) is 5.56 Å². The van der Waals surface area contributed by atoms with Gasteiger partial charge in [-0.05, 0) is 45.4 Å². The van der Waals surface area contributed by atoms with Gasteiger partial charge in [0.15, 0.2) is 5.82 Å². The zero-order valence-corrected chi connectivity index (χ0v) is 15.6. The molecule has 1 aromatic carbocycles. The number of nitrogens with zero attached hydrogens (tertiary/aromatic N) is 4. The molecule has 1 aliphatic rings. The van der Waals surface area contributed by atoms with Crippen molar-refractivity contribution in [1.29, 1.82) is 0 Å². The summed E-state index contributed by atoms with van der Waals surface area (Å²) >= 11 is 0. The Kier molecular flexibility index (Phi) is 5.71. The van der Waals surface area contributed by atoms with E-state index in [0.717, 1.165) is 38.5 Å². The molecule has 0 aliphatic carbocycles. The van der Waals surface area contributed by atoms with Crippen molar-refractivity contribution in [2.45, 2.75) is 46.4 Å². The van der Waals surface area contributed by atoms with Crippen LogP contribution >= 0.6 is 0 Å². The number of aryl methyl sites for hydroxylation is 1. The van der Waals surface area contributed by atoms with Crippen molar-refractivity contribution in [3.05, 3.63) is 41.5 Å². The number of rotatable bonds is 6. The van der Waals surface area contributed by atoms with Gasteiger partial charge in [-0.25, -0.2) is 0 Å². The van der Waals surface area contributed by atoms with E-state index in [0.29, 0.717) is 11.7 Å². The molecule has 136 valence electrons. The lowest BCUT2D eigenvalue weighted by Crippen LogP contribution is -2.46. The highest BCUT2D eigenvalue weighted by Crippen LogP contribution is 2.21. The van der Waals surface area contributed by atoms with E-state index in [1.54, 1.807) is 0 Å². The lowest BCUT2D eigenvalue weighted by Gasteiger charge is -2.36. The number of aromatic nitrogens is 2. The molecule has 1 saturated heterocycles. The Labute approximate surface area is 149 Å². The molecule has 25 heavy (non-hydrogen) atoms. The molecule has 1 atom stereocenters. The summed E-state index contributed by atoms with van der Waals surface area (Å²) in [5, 5.41) is 3.89. The predicted molar refractivity (Wildman–Crippen MR) is 96.5 cm³/mol. The normalized spacial score (nSPS) is 17.8. The molecular formula is C19H28N4O2. The molecule has 0 amide bonds. The lowest BCUT2D eigenvalue weighted by atomic mass is 10.1. The summed E-state index contributed by atoms with van der Waals surface area (Å²) in [5.41, 5.74) is 1.32. The van der Waals surface area contributed by atoms with Crippen LogP contribution in [0.1, 0.15) is 44.1 Å². The smallest absolute Gasteiger partial charge is 0.243 e. The van der Waals surface area contributed by atoms with Crippen molar-refractivity contribution < 1.29 is 9.26 Å². The van der Waals surface area contributed by atoms with Crippen LogP contribution in [0.3, 0.4) is 0 Å². The Balaban J connectivity index is 1.49. The van der Waals surface area contributed by atoms with Crippen LogP contribution in [-0.2, 0) is 6.54 Å². The Morgan fingerprint density at radius 1 is 1.08 bits per heavy atom. The maximum Gasteiger partial charge on any atom is 0.243 e. The largest absolute Gasteiger partial charge is 0.491 e. The predicted octanol–water partition coefficient (Wildman–Crippen LogP) is 3.04. The number of hydrogen-bond acceptors (Lipinski definition) is 6. The third kappa shape index (κ3) is 4.80. The van der Waals surface area contributed by atoms with Gasteiger partial charge in [0, 0.05) is 32.7 Å². The average Bonchev–Trinajstić information content (AvgIpc) is 3.03. The summed E-state index contributed by atoms with van der Waals surface area (Å²) in [4.78, 5) is 9.25. The average molecular weight is 344 g/mol. The highest BCUT2D eigenvalue weighted by Gasteiger charge is 2.25. The maximum absolute atomic E-state index is 5.70. The van der Waals surface area contributed by atoms with Crippen molar-refractivity contribution in [2.75, 3.05) is 26.2 Å². The molecule has 0 N–H and O–H groups in total. The Morgan fingerprint density at radius 3 is 2.32 bits per heavy atom. The standard InChI is InChI=1S/C19H28N4O2/c1-14(2)24-18-7-5-17(6-8-18)13-22-9-11-23(12-10-22)15(3)19-20-16(4)21-25-19/h5-8,14-15H,9-13H2,1-4H3. The van der Waals surface area contributed by atoms with E-state index in [9.17, 15) is 0 Å². The third-order valence-electron chi connectivity index (χ3n) is 4.56. The SMILES string of the molecule is Cc1noc(C(C)N2CCN(Cc3ccc(OC(C)C)cc3)CC2)n1. The van der Waals surface area contributed by atoms with Crippen LogP contribution in [0.15, 0.2) is 28.8 Å². The fourth-order valence-electron chi connectivity index (χ4n) is 3.15. The summed E-state index contributed by atoms with van der Waals surface area (Å²) in [6.07, 6.45) is 0.212. The first-order valence-electron chi connectivity index (χ1n) is 9.03. The van der Waals surface area contributed by atoms with Gasteiger partial charge in [-0.2, -0.15) is 4.98 Å². The van der Waals surface area contributed by atoms with Gasteiger partial charge in [0.1, 0.15) is 5.75 Å². The van der Waals surface area contributed by atoms with Gasteiger partial charge < -0.3 is 9.26 Å². The lowest BCUT2D eigenvalue weighted by molar-refractivity contribution is 0.0845. The molecule has 1 unspecified atom stereocenters.